The van der Waals surface area contributed by atoms with Crippen molar-refractivity contribution in [1.29, 1.82) is 0 Å². The van der Waals surface area contributed by atoms with E-state index in [0.717, 1.165) is 30.2 Å². The molecule has 0 bridgehead atoms. The number of alkyl carbamates (subject to hydrolysis) is 1. The molecular weight excluding hydrogens is 266 g/mol. The minimum absolute atomic E-state index is 0.408. The van der Waals surface area contributed by atoms with Gasteiger partial charge in [0.1, 0.15) is 11.4 Å². The van der Waals surface area contributed by atoms with Gasteiger partial charge in [-0.1, -0.05) is 6.07 Å². The number of carbonyl (C=O) groups is 1. The first kappa shape index (κ1) is 17.3. The van der Waals surface area contributed by atoms with Crippen LogP contribution in [0.5, 0.6) is 0 Å². The molecule has 0 unspecified atom stereocenters. The van der Waals surface area contributed by atoms with Gasteiger partial charge >= 0.3 is 6.09 Å². The number of rotatable bonds is 5. The van der Waals surface area contributed by atoms with Gasteiger partial charge in [0.2, 0.25) is 0 Å². The van der Waals surface area contributed by atoms with E-state index in [1.807, 2.05) is 39.8 Å². The maximum Gasteiger partial charge on any atom is 0.407 e. The van der Waals surface area contributed by atoms with Crippen LogP contribution in [0.15, 0.2) is 12.1 Å². The maximum atomic E-state index is 11.6. The molecule has 0 spiro atoms. The van der Waals surface area contributed by atoms with Gasteiger partial charge in [-0.05, 0) is 53.2 Å². The quantitative estimate of drug-likeness (QED) is 0.905. The van der Waals surface area contributed by atoms with E-state index in [1.165, 1.54) is 0 Å². The molecule has 1 aromatic rings. The summed E-state index contributed by atoms with van der Waals surface area (Å²) in [6, 6.07) is 4.00. The first-order valence-electron chi connectivity index (χ1n) is 7.45. The molecule has 1 aromatic heterocycles. The maximum absolute atomic E-state index is 11.6. The van der Waals surface area contributed by atoms with Crippen molar-refractivity contribution in [2.24, 2.45) is 0 Å². The fourth-order valence-corrected chi connectivity index (χ4v) is 1.97. The molecule has 1 amide bonds. The van der Waals surface area contributed by atoms with Crippen LogP contribution in [0.1, 0.15) is 45.9 Å². The zero-order valence-electron chi connectivity index (χ0n) is 14.0. The standard InChI is InChI=1S/C16H27N3O2/c1-7-19(8-2)14-10-9-13(12(3)18-14)11-17-15(20)21-16(4,5)6/h9-10H,7-8,11H2,1-6H3,(H,17,20). The SMILES string of the molecule is CCN(CC)c1ccc(CNC(=O)OC(C)(C)C)c(C)n1. The molecule has 0 fully saturated rings. The summed E-state index contributed by atoms with van der Waals surface area (Å²) < 4.78 is 5.22. The lowest BCUT2D eigenvalue weighted by atomic mass is 10.2. The highest BCUT2D eigenvalue weighted by Gasteiger charge is 2.16. The van der Waals surface area contributed by atoms with Crippen molar-refractivity contribution < 1.29 is 9.53 Å². The molecule has 0 radical (unpaired) electrons. The Morgan fingerprint density at radius 2 is 1.90 bits per heavy atom. The van der Waals surface area contributed by atoms with Gasteiger partial charge in [0.25, 0.3) is 0 Å². The summed E-state index contributed by atoms with van der Waals surface area (Å²) >= 11 is 0. The molecule has 1 rings (SSSR count). The van der Waals surface area contributed by atoms with Gasteiger partial charge in [-0.3, -0.25) is 0 Å². The van der Waals surface area contributed by atoms with Crippen molar-refractivity contribution in [2.45, 2.75) is 53.7 Å². The lowest BCUT2D eigenvalue weighted by Gasteiger charge is -2.21. The number of nitrogens with one attached hydrogen (secondary N) is 1. The number of carbonyl (C=O) groups excluding carboxylic acids is 1. The Labute approximate surface area is 127 Å². The predicted octanol–water partition coefficient (Wildman–Crippen LogP) is 3.26. The van der Waals surface area contributed by atoms with Gasteiger partial charge in [-0.25, -0.2) is 9.78 Å². The molecule has 1 heterocycles. The van der Waals surface area contributed by atoms with Gasteiger partial charge in [0, 0.05) is 25.3 Å². The second kappa shape index (κ2) is 7.29. The average molecular weight is 293 g/mol. The van der Waals surface area contributed by atoms with E-state index in [4.69, 9.17) is 4.74 Å². The highest BCUT2D eigenvalue weighted by Crippen LogP contribution is 2.15. The van der Waals surface area contributed by atoms with Crippen LogP contribution in [-0.2, 0) is 11.3 Å². The predicted molar refractivity (Wildman–Crippen MR) is 85.6 cm³/mol. The first-order chi connectivity index (χ1) is 9.76. The van der Waals surface area contributed by atoms with E-state index in [0.29, 0.717) is 6.54 Å². The number of anilines is 1. The third kappa shape index (κ3) is 5.61. The van der Waals surface area contributed by atoms with Crippen LogP contribution >= 0.6 is 0 Å². The molecular formula is C16H27N3O2. The number of pyridine rings is 1. The van der Waals surface area contributed by atoms with E-state index in [9.17, 15) is 4.79 Å². The Kier molecular flexibility index (Phi) is 6.00. The van der Waals surface area contributed by atoms with E-state index in [-0.39, 0.29) is 0 Å². The van der Waals surface area contributed by atoms with Crippen LogP contribution in [0.3, 0.4) is 0 Å². The lowest BCUT2D eigenvalue weighted by Crippen LogP contribution is -2.32. The van der Waals surface area contributed by atoms with Crippen molar-refractivity contribution >= 4 is 11.9 Å². The molecule has 0 atom stereocenters. The highest BCUT2D eigenvalue weighted by atomic mass is 16.6. The lowest BCUT2D eigenvalue weighted by molar-refractivity contribution is 0.0523. The normalized spacial score (nSPS) is 11.1. The molecule has 21 heavy (non-hydrogen) atoms. The molecule has 0 aromatic carbocycles. The molecule has 5 heteroatoms. The minimum Gasteiger partial charge on any atom is -0.444 e. The minimum atomic E-state index is -0.482. The summed E-state index contributed by atoms with van der Waals surface area (Å²) in [5, 5.41) is 2.76. The van der Waals surface area contributed by atoms with Crippen molar-refractivity contribution in [3.05, 3.63) is 23.4 Å². The van der Waals surface area contributed by atoms with Crippen molar-refractivity contribution in [3.63, 3.8) is 0 Å². The highest BCUT2D eigenvalue weighted by molar-refractivity contribution is 5.67. The van der Waals surface area contributed by atoms with E-state index in [1.54, 1.807) is 0 Å². The first-order valence-corrected chi connectivity index (χ1v) is 7.45. The molecule has 0 aliphatic rings. The number of aryl methyl sites for hydroxylation is 1. The van der Waals surface area contributed by atoms with E-state index >= 15 is 0 Å². The number of nitrogens with zero attached hydrogens (tertiary/aromatic N) is 2. The van der Waals surface area contributed by atoms with Crippen molar-refractivity contribution in [2.75, 3.05) is 18.0 Å². The molecule has 0 saturated carbocycles. The van der Waals surface area contributed by atoms with Crippen LogP contribution in [0, 0.1) is 6.92 Å². The fourth-order valence-electron chi connectivity index (χ4n) is 1.97. The zero-order chi connectivity index (χ0) is 16.0. The number of ether oxygens (including phenoxy) is 1. The zero-order valence-corrected chi connectivity index (χ0v) is 14.0. The van der Waals surface area contributed by atoms with Crippen LogP contribution in [0.25, 0.3) is 0 Å². The Morgan fingerprint density at radius 1 is 1.29 bits per heavy atom. The largest absolute Gasteiger partial charge is 0.444 e. The molecule has 0 aliphatic carbocycles. The Morgan fingerprint density at radius 3 is 2.38 bits per heavy atom. The van der Waals surface area contributed by atoms with Crippen LogP contribution in [-0.4, -0.2) is 29.8 Å². The molecule has 5 nitrogen and oxygen atoms in total. The van der Waals surface area contributed by atoms with E-state index in [2.05, 4.69) is 29.0 Å². The average Bonchev–Trinajstić information content (AvgIpc) is 2.37. The smallest absolute Gasteiger partial charge is 0.407 e. The van der Waals surface area contributed by atoms with Crippen LogP contribution in [0.4, 0.5) is 10.6 Å². The fraction of sp³-hybridized carbons (Fsp3) is 0.625. The van der Waals surface area contributed by atoms with Gasteiger partial charge in [0.15, 0.2) is 0 Å². The Balaban J connectivity index is 2.67. The van der Waals surface area contributed by atoms with Gasteiger partial charge in [-0.2, -0.15) is 0 Å². The summed E-state index contributed by atoms with van der Waals surface area (Å²) in [5.41, 5.74) is 1.44. The molecule has 118 valence electrons. The Hall–Kier alpha value is -1.78. The summed E-state index contributed by atoms with van der Waals surface area (Å²) in [6.45, 7) is 14.0. The summed E-state index contributed by atoms with van der Waals surface area (Å²) in [4.78, 5) is 18.4. The third-order valence-electron chi connectivity index (χ3n) is 3.09. The second-order valence-corrected chi connectivity index (χ2v) is 5.94. The summed E-state index contributed by atoms with van der Waals surface area (Å²) in [6.07, 6.45) is -0.408. The van der Waals surface area contributed by atoms with Gasteiger partial charge in [-0.15, -0.1) is 0 Å². The van der Waals surface area contributed by atoms with Crippen molar-refractivity contribution in [1.82, 2.24) is 10.3 Å². The summed E-state index contributed by atoms with van der Waals surface area (Å²) in [5.74, 6) is 0.971. The molecule has 0 saturated heterocycles. The molecule has 1 N–H and O–H groups in total. The number of amides is 1. The van der Waals surface area contributed by atoms with Crippen molar-refractivity contribution in [3.8, 4) is 0 Å². The van der Waals surface area contributed by atoms with Crippen LogP contribution in [0.2, 0.25) is 0 Å². The number of aromatic nitrogens is 1. The topological polar surface area (TPSA) is 54.5 Å². The Bertz CT molecular complexity index is 477. The number of hydrogen-bond donors (Lipinski definition) is 1. The summed E-state index contributed by atoms with van der Waals surface area (Å²) in [7, 11) is 0. The van der Waals surface area contributed by atoms with E-state index < -0.39 is 11.7 Å². The van der Waals surface area contributed by atoms with Gasteiger partial charge in [0.05, 0.1) is 0 Å². The monoisotopic (exact) mass is 293 g/mol. The number of hydrogen-bond acceptors (Lipinski definition) is 4. The second-order valence-electron chi connectivity index (χ2n) is 5.94. The third-order valence-corrected chi connectivity index (χ3v) is 3.09. The van der Waals surface area contributed by atoms with Gasteiger partial charge < -0.3 is 15.0 Å². The van der Waals surface area contributed by atoms with Crippen LogP contribution < -0.4 is 10.2 Å². The molecule has 0 aliphatic heterocycles.